The van der Waals surface area contributed by atoms with Gasteiger partial charge in [-0.3, -0.25) is 4.99 Å². The number of hydrogen-bond acceptors (Lipinski definition) is 2. The van der Waals surface area contributed by atoms with E-state index < -0.39 is 0 Å². The van der Waals surface area contributed by atoms with Crippen molar-refractivity contribution >= 4 is 5.96 Å². The molecule has 0 spiro atoms. The maximum absolute atomic E-state index is 13.6. The smallest absolute Gasteiger partial charge is 0.185 e. The van der Waals surface area contributed by atoms with Gasteiger partial charge in [-0.1, -0.05) is 6.07 Å². The summed E-state index contributed by atoms with van der Waals surface area (Å²) in [7, 11) is 0. The molecule has 0 amide bonds. The van der Waals surface area contributed by atoms with Gasteiger partial charge in [0.25, 0.3) is 0 Å². The number of halogens is 1. The zero-order valence-electron chi connectivity index (χ0n) is 10.1. The van der Waals surface area contributed by atoms with Gasteiger partial charge in [0.2, 0.25) is 0 Å². The van der Waals surface area contributed by atoms with E-state index in [9.17, 15) is 4.39 Å². The summed E-state index contributed by atoms with van der Waals surface area (Å²) in [6.45, 7) is 4.16. The molecule has 0 aliphatic carbocycles. The van der Waals surface area contributed by atoms with E-state index in [4.69, 9.17) is 16.2 Å². The summed E-state index contributed by atoms with van der Waals surface area (Å²) in [6, 6.07) is 4.88. The van der Waals surface area contributed by atoms with Crippen molar-refractivity contribution in [2.75, 3.05) is 6.54 Å². The number of hydrogen-bond donors (Lipinski definition) is 2. The Morgan fingerprint density at radius 2 is 2.12 bits per heavy atom. The summed E-state index contributed by atoms with van der Waals surface area (Å²) in [5, 5.41) is 0. The maximum Gasteiger partial charge on any atom is 0.185 e. The van der Waals surface area contributed by atoms with Crippen LogP contribution < -0.4 is 16.2 Å². The second-order valence-corrected chi connectivity index (χ2v) is 3.99. The minimum atomic E-state index is -0.360. The van der Waals surface area contributed by atoms with Crippen LogP contribution >= 0.6 is 0 Å². The third kappa shape index (κ3) is 4.72. The van der Waals surface area contributed by atoms with E-state index in [1.165, 1.54) is 6.07 Å². The number of guanidine groups is 1. The molecular formula is C12H18FN3O. The van der Waals surface area contributed by atoms with Crippen LogP contribution in [0.1, 0.15) is 19.4 Å². The van der Waals surface area contributed by atoms with E-state index in [-0.39, 0.29) is 23.6 Å². The third-order valence-corrected chi connectivity index (χ3v) is 2.05. The van der Waals surface area contributed by atoms with Crippen molar-refractivity contribution in [3.63, 3.8) is 0 Å². The molecule has 0 unspecified atom stereocenters. The number of ether oxygens (including phenoxy) is 1. The number of nitrogens with zero attached hydrogens (tertiary/aromatic N) is 1. The minimum absolute atomic E-state index is 0.0445. The molecule has 0 saturated carbocycles. The minimum Gasteiger partial charge on any atom is -0.488 e. The Morgan fingerprint density at radius 3 is 2.65 bits per heavy atom. The fourth-order valence-corrected chi connectivity index (χ4v) is 1.36. The first kappa shape index (κ1) is 13.3. The molecule has 0 radical (unpaired) electrons. The lowest BCUT2D eigenvalue weighted by Gasteiger charge is -2.11. The average Bonchev–Trinajstić information content (AvgIpc) is 2.21. The quantitative estimate of drug-likeness (QED) is 0.603. The highest BCUT2D eigenvalue weighted by Crippen LogP contribution is 2.19. The normalized spacial score (nSPS) is 10.4. The van der Waals surface area contributed by atoms with Crippen LogP contribution in [0.3, 0.4) is 0 Å². The Labute approximate surface area is 100 Å². The Kier molecular flexibility index (Phi) is 4.75. The molecule has 94 valence electrons. The molecule has 0 aliphatic heterocycles. The fourth-order valence-electron chi connectivity index (χ4n) is 1.36. The number of benzene rings is 1. The largest absolute Gasteiger partial charge is 0.488 e. The van der Waals surface area contributed by atoms with Crippen molar-refractivity contribution in [1.82, 2.24) is 0 Å². The van der Waals surface area contributed by atoms with E-state index in [0.717, 1.165) is 5.56 Å². The molecule has 1 aromatic carbocycles. The summed E-state index contributed by atoms with van der Waals surface area (Å²) in [6.07, 6.45) is 0.550. The molecule has 4 nitrogen and oxygen atoms in total. The SMILES string of the molecule is CC(C)Oc1ccc(CCN=C(N)N)cc1F. The zero-order valence-corrected chi connectivity index (χ0v) is 10.1. The lowest BCUT2D eigenvalue weighted by molar-refractivity contribution is 0.231. The van der Waals surface area contributed by atoms with Crippen LogP contribution in [-0.4, -0.2) is 18.6 Å². The first-order valence-corrected chi connectivity index (χ1v) is 5.49. The Hall–Kier alpha value is -1.78. The fraction of sp³-hybridized carbons (Fsp3) is 0.417. The van der Waals surface area contributed by atoms with Crippen LogP contribution in [0, 0.1) is 5.82 Å². The van der Waals surface area contributed by atoms with Gasteiger partial charge in [-0.2, -0.15) is 0 Å². The van der Waals surface area contributed by atoms with Crippen molar-refractivity contribution in [3.8, 4) is 5.75 Å². The van der Waals surface area contributed by atoms with Gasteiger partial charge in [-0.25, -0.2) is 4.39 Å². The van der Waals surface area contributed by atoms with Gasteiger partial charge < -0.3 is 16.2 Å². The lowest BCUT2D eigenvalue weighted by atomic mass is 10.1. The first-order valence-electron chi connectivity index (χ1n) is 5.49. The van der Waals surface area contributed by atoms with Gasteiger partial charge >= 0.3 is 0 Å². The van der Waals surface area contributed by atoms with E-state index in [1.54, 1.807) is 6.07 Å². The summed E-state index contributed by atoms with van der Waals surface area (Å²) >= 11 is 0. The standard InChI is InChI=1S/C12H18FN3O/c1-8(2)17-11-4-3-9(7-10(11)13)5-6-16-12(14)15/h3-4,7-8H,5-6H2,1-2H3,(H4,14,15,16). The molecule has 1 aromatic rings. The van der Waals surface area contributed by atoms with Crippen LogP contribution in [0.25, 0.3) is 0 Å². The van der Waals surface area contributed by atoms with Crippen LogP contribution in [0.4, 0.5) is 4.39 Å². The maximum atomic E-state index is 13.6. The monoisotopic (exact) mass is 239 g/mol. The highest BCUT2D eigenvalue weighted by molar-refractivity contribution is 5.75. The Bertz CT molecular complexity index is 401. The van der Waals surface area contributed by atoms with Gasteiger partial charge in [0.05, 0.1) is 6.10 Å². The van der Waals surface area contributed by atoms with Crippen molar-refractivity contribution in [2.24, 2.45) is 16.5 Å². The summed E-state index contributed by atoms with van der Waals surface area (Å²) in [5.41, 5.74) is 11.2. The van der Waals surface area contributed by atoms with Crippen LogP contribution in [0.15, 0.2) is 23.2 Å². The van der Waals surface area contributed by atoms with Crippen LogP contribution in [0.2, 0.25) is 0 Å². The lowest BCUT2D eigenvalue weighted by Crippen LogP contribution is -2.23. The molecule has 0 aliphatic rings. The molecule has 5 heteroatoms. The summed E-state index contributed by atoms with van der Waals surface area (Å²) < 4.78 is 18.9. The molecule has 0 fully saturated rings. The van der Waals surface area contributed by atoms with Gasteiger partial charge in [0.15, 0.2) is 17.5 Å². The van der Waals surface area contributed by atoms with Gasteiger partial charge in [-0.05, 0) is 38.0 Å². The Morgan fingerprint density at radius 1 is 1.41 bits per heavy atom. The molecule has 0 atom stereocenters. The van der Waals surface area contributed by atoms with Crippen LogP contribution in [-0.2, 0) is 6.42 Å². The second kappa shape index (κ2) is 6.08. The van der Waals surface area contributed by atoms with Crippen molar-refractivity contribution in [2.45, 2.75) is 26.4 Å². The Balaban J connectivity index is 2.65. The third-order valence-electron chi connectivity index (χ3n) is 2.05. The number of aliphatic imine (C=N–C) groups is 1. The predicted octanol–water partition coefficient (Wildman–Crippen LogP) is 1.43. The second-order valence-electron chi connectivity index (χ2n) is 3.99. The zero-order chi connectivity index (χ0) is 12.8. The molecule has 1 rings (SSSR count). The van der Waals surface area contributed by atoms with Gasteiger partial charge in [0.1, 0.15) is 0 Å². The van der Waals surface area contributed by atoms with E-state index in [2.05, 4.69) is 4.99 Å². The first-order chi connectivity index (χ1) is 7.99. The molecule has 0 heterocycles. The highest BCUT2D eigenvalue weighted by Gasteiger charge is 2.06. The molecule has 0 aromatic heterocycles. The molecular weight excluding hydrogens is 221 g/mol. The molecule has 0 saturated heterocycles. The van der Waals surface area contributed by atoms with E-state index in [1.807, 2.05) is 19.9 Å². The van der Waals surface area contributed by atoms with E-state index >= 15 is 0 Å². The summed E-state index contributed by atoms with van der Waals surface area (Å²) in [5.74, 6) is -0.0447. The predicted molar refractivity (Wildman–Crippen MR) is 66.5 cm³/mol. The van der Waals surface area contributed by atoms with Crippen molar-refractivity contribution in [3.05, 3.63) is 29.6 Å². The molecule has 4 N–H and O–H groups in total. The van der Waals surface area contributed by atoms with Crippen LogP contribution in [0.5, 0.6) is 5.75 Å². The number of rotatable bonds is 5. The molecule has 17 heavy (non-hydrogen) atoms. The van der Waals surface area contributed by atoms with Gasteiger partial charge in [0, 0.05) is 6.54 Å². The highest BCUT2D eigenvalue weighted by atomic mass is 19.1. The molecule has 0 bridgehead atoms. The van der Waals surface area contributed by atoms with Crippen molar-refractivity contribution < 1.29 is 9.13 Å². The van der Waals surface area contributed by atoms with Crippen molar-refractivity contribution in [1.29, 1.82) is 0 Å². The summed E-state index contributed by atoms with van der Waals surface area (Å²) in [4.78, 5) is 3.84. The topological polar surface area (TPSA) is 73.6 Å². The average molecular weight is 239 g/mol. The van der Waals surface area contributed by atoms with E-state index in [0.29, 0.717) is 13.0 Å². The number of nitrogens with two attached hydrogens (primary N) is 2. The van der Waals surface area contributed by atoms with Gasteiger partial charge in [-0.15, -0.1) is 0 Å².